The minimum Gasteiger partial charge on any atom is -0.467 e. The third kappa shape index (κ3) is 6.57. The molecule has 6 heteroatoms. The lowest BCUT2D eigenvalue weighted by atomic mass is 10.0. The van der Waals surface area contributed by atoms with Crippen LogP contribution in [0.25, 0.3) is 0 Å². The first-order valence-corrected chi connectivity index (χ1v) is 11.4. The van der Waals surface area contributed by atoms with E-state index in [4.69, 9.17) is 4.42 Å². The van der Waals surface area contributed by atoms with E-state index in [0.717, 1.165) is 16.5 Å². The second-order valence-corrected chi connectivity index (χ2v) is 9.61. The number of hydrogen-bond donors (Lipinski definition) is 0. The summed E-state index contributed by atoms with van der Waals surface area (Å²) in [5.41, 5.74) is 1.19. The highest BCUT2D eigenvalue weighted by Crippen LogP contribution is 2.20. The predicted molar refractivity (Wildman–Crippen MR) is 129 cm³/mol. The first-order chi connectivity index (χ1) is 15.2. The summed E-state index contributed by atoms with van der Waals surface area (Å²) in [6, 6.07) is 20.9. The Morgan fingerprint density at radius 3 is 2.22 bits per heavy atom. The lowest BCUT2D eigenvalue weighted by Crippen LogP contribution is -2.51. The van der Waals surface area contributed by atoms with Crippen LogP contribution in [-0.4, -0.2) is 40.2 Å². The molecular weight excluding hydrogens is 468 g/mol. The number of furan rings is 1. The van der Waals surface area contributed by atoms with Gasteiger partial charge in [-0.05, 0) is 69.2 Å². The number of amides is 2. The van der Waals surface area contributed by atoms with Crippen molar-refractivity contribution in [1.82, 2.24) is 9.80 Å². The average molecular weight is 497 g/mol. The van der Waals surface area contributed by atoms with Crippen molar-refractivity contribution in [3.05, 3.63) is 94.4 Å². The van der Waals surface area contributed by atoms with Gasteiger partial charge in [0, 0.05) is 22.1 Å². The Morgan fingerprint density at radius 2 is 1.62 bits per heavy atom. The Bertz CT molecular complexity index is 1010. The highest BCUT2D eigenvalue weighted by atomic mass is 79.9. The van der Waals surface area contributed by atoms with Gasteiger partial charge in [-0.25, -0.2) is 0 Å². The van der Waals surface area contributed by atoms with Gasteiger partial charge in [0.2, 0.25) is 5.91 Å². The number of rotatable bonds is 8. The predicted octanol–water partition coefficient (Wildman–Crippen LogP) is 5.55. The summed E-state index contributed by atoms with van der Waals surface area (Å²) in [7, 11) is 0. The molecular formula is C26H29BrN2O3. The van der Waals surface area contributed by atoms with Crippen LogP contribution in [0.15, 0.2) is 81.9 Å². The van der Waals surface area contributed by atoms with Gasteiger partial charge in [0.15, 0.2) is 0 Å². The molecule has 0 unspecified atom stereocenters. The molecule has 32 heavy (non-hydrogen) atoms. The monoisotopic (exact) mass is 496 g/mol. The summed E-state index contributed by atoms with van der Waals surface area (Å²) in [5.74, 6) is 0.435. The highest BCUT2D eigenvalue weighted by Gasteiger charge is 2.31. The first kappa shape index (κ1) is 23.8. The van der Waals surface area contributed by atoms with Crippen LogP contribution in [0.1, 0.15) is 42.5 Å². The van der Waals surface area contributed by atoms with Crippen molar-refractivity contribution in [2.45, 2.75) is 39.3 Å². The van der Waals surface area contributed by atoms with E-state index in [1.54, 1.807) is 28.2 Å². The van der Waals surface area contributed by atoms with Crippen LogP contribution in [0.2, 0.25) is 0 Å². The molecule has 0 fully saturated rings. The Balaban J connectivity index is 1.78. The van der Waals surface area contributed by atoms with E-state index in [9.17, 15) is 9.59 Å². The normalized spacial score (nSPS) is 11.2. The third-order valence-corrected chi connectivity index (χ3v) is 5.76. The SMILES string of the molecule is CC(C)(C)N(CC(=O)N(CCc1ccccc1)Cc1ccco1)C(=O)c1ccc(Br)cc1. The van der Waals surface area contributed by atoms with Gasteiger partial charge in [-0.3, -0.25) is 9.59 Å². The third-order valence-electron chi connectivity index (χ3n) is 5.23. The quantitative estimate of drug-likeness (QED) is 0.410. The molecule has 5 nitrogen and oxygen atoms in total. The van der Waals surface area contributed by atoms with Gasteiger partial charge in [-0.15, -0.1) is 0 Å². The van der Waals surface area contributed by atoms with E-state index in [1.807, 2.05) is 75.4 Å². The van der Waals surface area contributed by atoms with Crippen LogP contribution in [0, 0.1) is 0 Å². The zero-order valence-electron chi connectivity index (χ0n) is 18.8. The van der Waals surface area contributed by atoms with Crippen molar-refractivity contribution in [3.63, 3.8) is 0 Å². The molecule has 168 valence electrons. The van der Waals surface area contributed by atoms with Crippen molar-refractivity contribution in [1.29, 1.82) is 0 Å². The van der Waals surface area contributed by atoms with Crippen molar-refractivity contribution in [2.75, 3.05) is 13.1 Å². The van der Waals surface area contributed by atoms with Gasteiger partial charge < -0.3 is 14.2 Å². The smallest absolute Gasteiger partial charge is 0.254 e. The fraction of sp³-hybridized carbons (Fsp3) is 0.308. The lowest BCUT2D eigenvalue weighted by Gasteiger charge is -2.36. The maximum Gasteiger partial charge on any atom is 0.254 e. The van der Waals surface area contributed by atoms with Gasteiger partial charge >= 0.3 is 0 Å². The van der Waals surface area contributed by atoms with Gasteiger partial charge in [-0.2, -0.15) is 0 Å². The molecule has 0 spiro atoms. The van der Waals surface area contributed by atoms with E-state index >= 15 is 0 Å². The second-order valence-electron chi connectivity index (χ2n) is 8.70. The fourth-order valence-corrected chi connectivity index (χ4v) is 3.65. The molecule has 2 aromatic carbocycles. The Labute approximate surface area is 198 Å². The van der Waals surface area contributed by atoms with Gasteiger partial charge in [-0.1, -0.05) is 46.3 Å². The van der Waals surface area contributed by atoms with E-state index in [2.05, 4.69) is 15.9 Å². The Morgan fingerprint density at radius 1 is 0.938 bits per heavy atom. The average Bonchev–Trinajstić information content (AvgIpc) is 3.28. The topological polar surface area (TPSA) is 53.8 Å². The standard InChI is InChI=1S/C26H29BrN2O3/c1-26(2,3)29(25(31)21-11-13-22(27)14-12-21)19-24(30)28(18-23-10-7-17-32-23)16-15-20-8-5-4-6-9-20/h4-14,17H,15-16,18-19H2,1-3H3. The molecule has 2 amide bonds. The molecule has 0 saturated heterocycles. The highest BCUT2D eigenvalue weighted by molar-refractivity contribution is 9.10. The van der Waals surface area contributed by atoms with Crippen LogP contribution in [0.3, 0.4) is 0 Å². The van der Waals surface area contributed by atoms with Gasteiger partial charge in [0.05, 0.1) is 12.8 Å². The molecule has 0 aliphatic carbocycles. The van der Waals surface area contributed by atoms with Gasteiger partial charge in [0.25, 0.3) is 5.91 Å². The zero-order valence-corrected chi connectivity index (χ0v) is 20.3. The maximum atomic E-state index is 13.4. The van der Waals surface area contributed by atoms with Crippen LogP contribution in [-0.2, 0) is 17.8 Å². The number of halogens is 1. The molecule has 1 heterocycles. The molecule has 0 bridgehead atoms. The molecule has 3 aromatic rings. The molecule has 0 aliphatic heterocycles. The fourth-order valence-electron chi connectivity index (χ4n) is 3.39. The van der Waals surface area contributed by atoms with Crippen molar-refractivity contribution in [3.8, 4) is 0 Å². The van der Waals surface area contributed by atoms with Crippen LogP contribution in [0.5, 0.6) is 0 Å². The van der Waals surface area contributed by atoms with Crippen molar-refractivity contribution < 1.29 is 14.0 Å². The largest absolute Gasteiger partial charge is 0.467 e. The van der Waals surface area contributed by atoms with Crippen LogP contribution in [0.4, 0.5) is 0 Å². The summed E-state index contributed by atoms with van der Waals surface area (Å²) < 4.78 is 6.39. The number of nitrogens with zero attached hydrogens (tertiary/aromatic N) is 2. The lowest BCUT2D eigenvalue weighted by molar-refractivity contribution is -0.133. The molecule has 0 atom stereocenters. The summed E-state index contributed by atoms with van der Waals surface area (Å²) in [6.45, 7) is 6.72. The number of benzene rings is 2. The van der Waals surface area contributed by atoms with E-state index in [0.29, 0.717) is 24.4 Å². The molecule has 3 rings (SSSR count). The number of carbonyl (C=O) groups excluding carboxylic acids is 2. The molecule has 0 saturated carbocycles. The van der Waals surface area contributed by atoms with Crippen molar-refractivity contribution >= 4 is 27.7 Å². The zero-order chi connectivity index (χ0) is 23.1. The van der Waals surface area contributed by atoms with E-state index < -0.39 is 5.54 Å². The second kappa shape index (κ2) is 10.6. The van der Waals surface area contributed by atoms with E-state index in [1.165, 1.54) is 0 Å². The van der Waals surface area contributed by atoms with Crippen LogP contribution >= 0.6 is 15.9 Å². The summed E-state index contributed by atoms with van der Waals surface area (Å²) in [6.07, 6.45) is 2.33. The number of carbonyl (C=O) groups is 2. The first-order valence-electron chi connectivity index (χ1n) is 10.7. The maximum absolute atomic E-state index is 13.4. The summed E-state index contributed by atoms with van der Waals surface area (Å²) >= 11 is 3.40. The van der Waals surface area contributed by atoms with Crippen LogP contribution < -0.4 is 0 Å². The Hall–Kier alpha value is -2.86. The Kier molecular flexibility index (Phi) is 7.91. The van der Waals surface area contributed by atoms with Crippen molar-refractivity contribution in [2.24, 2.45) is 0 Å². The number of hydrogen-bond acceptors (Lipinski definition) is 3. The summed E-state index contributed by atoms with van der Waals surface area (Å²) in [4.78, 5) is 30.1. The molecule has 0 aliphatic rings. The summed E-state index contributed by atoms with van der Waals surface area (Å²) in [5, 5.41) is 0. The van der Waals surface area contributed by atoms with E-state index in [-0.39, 0.29) is 18.4 Å². The minimum absolute atomic E-state index is 0.00606. The molecule has 0 radical (unpaired) electrons. The van der Waals surface area contributed by atoms with Gasteiger partial charge in [0.1, 0.15) is 12.3 Å². The molecule has 1 aromatic heterocycles. The molecule has 0 N–H and O–H groups in total. The minimum atomic E-state index is -0.518.